The van der Waals surface area contributed by atoms with Gasteiger partial charge in [-0.2, -0.15) is 0 Å². The molecule has 6 nitrogen and oxygen atoms in total. The van der Waals surface area contributed by atoms with Crippen LogP contribution in [0.1, 0.15) is 30.9 Å². The lowest BCUT2D eigenvalue weighted by molar-refractivity contribution is 0.172. The zero-order chi connectivity index (χ0) is 18.9. The van der Waals surface area contributed by atoms with Crippen LogP contribution < -0.4 is 9.64 Å². The fourth-order valence-corrected chi connectivity index (χ4v) is 4.23. The van der Waals surface area contributed by atoms with E-state index in [1.54, 1.807) is 0 Å². The van der Waals surface area contributed by atoms with Crippen LogP contribution in [0.2, 0.25) is 0 Å². The molecule has 2 saturated heterocycles. The van der Waals surface area contributed by atoms with E-state index in [1.807, 2.05) is 19.3 Å². The van der Waals surface area contributed by atoms with Gasteiger partial charge in [-0.3, -0.25) is 0 Å². The molecule has 2 aliphatic heterocycles. The molecule has 1 atom stereocenters. The maximum absolute atomic E-state index is 6.44. The predicted molar refractivity (Wildman–Crippen MR) is 109 cm³/mol. The first-order valence-corrected chi connectivity index (χ1v) is 10.2. The normalized spacial score (nSPS) is 20.8. The van der Waals surface area contributed by atoms with E-state index >= 15 is 0 Å². The summed E-state index contributed by atoms with van der Waals surface area (Å²) in [5, 5.41) is 1.19. The van der Waals surface area contributed by atoms with Gasteiger partial charge in [0, 0.05) is 56.5 Å². The molecule has 0 bridgehead atoms. The van der Waals surface area contributed by atoms with Crippen molar-refractivity contribution in [3.8, 4) is 5.75 Å². The van der Waals surface area contributed by atoms with E-state index in [-0.39, 0.29) is 6.10 Å². The van der Waals surface area contributed by atoms with E-state index in [0.29, 0.717) is 6.04 Å². The number of aryl methyl sites for hydroxylation is 1. The van der Waals surface area contributed by atoms with Crippen LogP contribution in [-0.4, -0.2) is 46.9 Å². The SMILES string of the molecule is Cc1cnc(N2CCC(Oc3cccc4c3ccn4C3CCOC3)CC2)nc1. The number of anilines is 1. The van der Waals surface area contributed by atoms with Gasteiger partial charge in [0.05, 0.1) is 18.2 Å². The Morgan fingerprint density at radius 2 is 1.89 bits per heavy atom. The number of ether oxygens (including phenoxy) is 2. The van der Waals surface area contributed by atoms with Crippen molar-refractivity contribution < 1.29 is 9.47 Å². The molecule has 1 aromatic carbocycles. The average Bonchev–Trinajstić information content (AvgIpc) is 3.39. The van der Waals surface area contributed by atoms with E-state index in [2.05, 4.69) is 49.9 Å². The first-order valence-electron chi connectivity index (χ1n) is 10.2. The van der Waals surface area contributed by atoms with Gasteiger partial charge in [0.25, 0.3) is 0 Å². The van der Waals surface area contributed by atoms with Crippen LogP contribution in [0.3, 0.4) is 0 Å². The summed E-state index contributed by atoms with van der Waals surface area (Å²) >= 11 is 0. The molecule has 0 N–H and O–H groups in total. The minimum Gasteiger partial charge on any atom is -0.490 e. The Labute approximate surface area is 165 Å². The van der Waals surface area contributed by atoms with Gasteiger partial charge in [-0.25, -0.2) is 9.97 Å². The zero-order valence-electron chi connectivity index (χ0n) is 16.3. The van der Waals surface area contributed by atoms with Crippen molar-refractivity contribution in [2.75, 3.05) is 31.2 Å². The van der Waals surface area contributed by atoms with Crippen LogP contribution in [0.15, 0.2) is 42.9 Å². The number of fused-ring (bicyclic) bond motifs is 1. The number of rotatable bonds is 4. The molecule has 146 valence electrons. The van der Waals surface area contributed by atoms with Crippen LogP contribution in [0.25, 0.3) is 10.9 Å². The molecule has 0 aliphatic carbocycles. The van der Waals surface area contributed by atoms with Gasteiger partial charge in [0.2, 0.25) is 5.95 Å². The summed E-state index contributed by atoms with van der Waals surface area (Å²) in [5.74, 6) is 1.81. The van der Waals surface area contributed by atoms with Gasteiger partial charge < -0.3 is 18.9 Å². The number of nitrogens with zero attached hydrogens (tertiary/aromatic N) is 4. The molecule has 2 aromatic heterocycles. The lowest BCUT2D eigenvalue weighted by Crippen LogP contribution is -2.39. The molecule has 0 spiro atoms. The summed E-state index contributed by atoms with van der Waals surface area (Å²) in [6, 6.07) is 8.98. The summed E-state index contributed by atoms with van der Waals surface area (Å²) in [4.78, 5) is 11.2. The van der Waals surface area contributed by atoms with Crippen molar-refractivity contribution in [1.29, 1.82) is 0 Å². The highest BCUT2D eigenvalue weighted by atomic mass is 16.5. The Kier molecular flexibility index (Phi) is 4.64. The molecular weight excluding hydrogens is 352 g/mol. The molecule has 4 heterocycles. The lowest BCUT2D eigenvalue weighted by atomic mass is 10.1. The van der Waals surface area contributed by atoms with Gasteiger partial charge in [0.1, 0.15) is 11.9 Å². The zero-order valence-corrected chi connectivity index (χ0v) is 16.3. The maximum Gasteiger partial charge on any atom is 0.225 e. The Hall–Kier alpha value is -2.60. The summed E-state index contributed by atoms with van der Waals surface area (Å²) in [6.45, 7) is 5.50. The van der Waals surface area contributed by atoms with Crippen LogP contribution in [0, 0.1) is 6.92 Å². The summed E-state index contributed by atoms with van der Waals surface area (Å²) in [6.07, 6.45) is 9.20. The second-order valence-corrected chi connectivity index (χ2v) is 7.79. The summed E-state index contributed by atoms with van der Waals surface area (Å²) in [7, 11) is 0. The van der Waals surface area contributed by atoms with Crippen molar-refractivity contribution >= 4 is 16.9 Å². The van der Waals surface area contributed by atoms with E-state index < -0.39 is 0 Å². The molecule has 2 fully saturated rings. The molecule has 2 aliphatic rings. The van der Waals surface area contributed by atoms with Crippen molar-refractivity contribution in [2.24, 2.45) is 0 Å². The minimum absolute atomic E-state index is 0.227. The standard InChI is InChI=1S/C22H26N4O2/c1-16-13-23-22(24-14-16)25-9-5-18(6-10-25)28-21-4-2-3-20-19(21)7-11-26(20)17-8-12-27-15-17/h2-4,7,11,13-14,17-18H,5-6,8-10,12,15H2,1H3. The number of hydrogen-bond acceptors (Lipinski definition) is 5. The Balaban J connectivity index is 1.28. The van der Waals surface area contributed by atoms with E-state index in [4.69, 9.17) is 9.47 Å². The predicted octanol–water partition coefficient (Wildman–Crippen LogP) is 3.75. The fourth-order valence-electron chi connectivity index (χ4n) is 4.23. The van der Waals surface area contributed by atoms with Gasteiger partial charge >= 0.3 is 0 Å². The van der Waals surface area contributed by atoms with Gasteiger partial charge in [-0.1, -0.05) is 6.07 Å². The minimum atomic E-state index is 0.227. The molecule has 0 radical (unpaired) electrons. The Morgan fingerprint density at radius 1 is 1.07 bits per heavy atom. The fraction of sp³-hybridized carbons (Fsp3) is 0.455. The Morgan fingerprint density at radius 3 is 2.64 bits per heavy atom. The third kappa shape index (κ3) is 3.33. The highest BCUT2D eigenvalue weighted by Gasteiger charge is 2.24. The third-order valence-corrected chi connectivity index (χ3v) is 5.81. The molecule has 3 aromatic rings. The van der Waals surface area contributed by atoms with Crippen molar-refractivity contribution in [2.45, 2.75) is 38.3 Å². The number of aromatic nitrogens is 3. The summed E-state index contributed by atoms with van der Waals surface area (Å²) < 4.78 is 14.3. The molecule has 6 heteroatoms. The first kappa shape index (κ1) is 17.5. The number of hydrogen-bond donors (Lipinski definition) is 0. The number of benzene rings is 1. The quantitative estimate of drug-likeness (QED) is 0.692. The molecule has 0 saturated carbocycles. The highest BCUT2D eigenvalue weighted by Crippen LogP contribution is 2.32. The maximum atomic E-state index is 6.44. The monoisotopic (exact) mass is 378 g/mol. The van der Waals surface area contributed by atoms with Gasteiger partial charge in [0.15, 0.2) is 0 Å². The van der Waals surface area contributed by atoms with Gasteiger partial charge in [-0.05, 0) is 37.1 Å². The van der Waals surface area contributed by atoms with E-state index in [9.17, 15) is 0 Å². The topological polar surface area (TPSA) is 52.4 Å². The van der Waals surface area contributed by atoms with Crippen molar-refractivity contribution in [3.63, 3.8) is 0 Å². The smallest absolute Gasteiger partial charge is 0.225 e. The second kappa shape index (κ2) is 7.43. The number of piperidine rings is 1. The molecule has 1 unspecified atom stereocenters. The lowest BCUT2D eigenvalue weighted by Gasteiger charge is -2.32. The van der Waals surface area contributed by atoms with Crippen LogP contribution in [0.4, 0.5) is 5.95 Å². The van der Waals surface area contributed by atoms with Crippen molar-refractivity contribution in [3.05, 3.63) is 48.4 Å². The Bertz CT molecular complexity index is 939. The van der Waals surface area contributed by atoms with Crippen LogP contribution >= 0.6 is 0 Å². The van der Waals surface area contributed by atoms with Crippen LogP contribution in [0.5, 0.6) is 5.75 Å². The molecule has 0 amide bonds. The molecule has 28 heavy (non-hydrogen) atoms. The van der Waals surface area contributed by atoms with Gasteiger partial charge in [-0.15, -0.1) is 0 Å². The van der Waals surface area contributed by atoms with E-state index in [0.717, 1.165) is 62.8 Å². The largest absolute Gasteiger partial charge is 0.490 e. The second-order valence-electron chi connectivity index (χ2n) is 7.79. The summed E-state index contributed by atoms with van der Waals surface area (Å²) in [5.41, 5.74) is 2.32. The molecular formula is C22H26N4O2. The highest BCUT2D eigenvalue weighted by molar-refractivity contribution is 5.86. The third-order valence-electron chi connectivity index (χ3n) is 5.81. The van der Waals surface area contributed by atoms with Crippen LogP contribution in [-0.2, 0) is 4.74 Å². The van der Waals surface area contributed by atoms with Crippen molar-refractivity contribution in [1.82, 2.24) is 14.5 Å². The average molecular weight is 378 g/mol. The van der Waals surface area contributed by atoms with E-state index in [1.165, 1.54) is 10.9 Å². The molecule has 5 rings (SSSR count). The first-order chi connectivity index (χ1) is 13.8.